The molecule has 96 valence electrons. The highest BCUT2D eigenvalue weighted by Crippen LogP contribution is 2.30. The molecular weight excluding hydrogens is 264 g/mol. The van der Waals surface area contributed by atoms with Gasteiger partial charge in [0.2, 0.25) is 0 Å². The average Bonchev–Trinajstić information content (AvgIpc) is 2.83. The molecule has 1 aromatic heterocycles. The van der Waals surface area contributed by atoms with Gasteiger partial charge in [-0.3, -0.25) is 9.36 Å². The second-order valence-corrected chi connectivity index (χ2v) is 4.32. The van der Waals surface area contributed by atoms with E-state index in [-0.39, 0.29) is 12.5 Å². The van der Waals surface area contributed by atoms with Crippen LogP contribution in [0, 0.1) is 11.3 Å². The van der Waals surface area contributed by atoms with Crippen LogP contribution >= 0.6 is 11.6 Å². The van der Waals surface area contributed by atoms with Gasteiger partial charge in [0.25, 0.3) is 5.91 Å². The second kappa shape index (κ2) is 5.70. The van der Waals surface area contributed by atoms with Crippen molar-refractivity contribution in [3.05, 3.63) is 47.2 Å². The van der Waals surface area contributed by atoms with Crippen molar-refractivity contribution in [2.24, 2.45) is 0 Å². The molecule has 19 heavy (non-hydrogen) atoms. The fourth-order valence-corrected chi connectivity index (χ4v) is 2.02. The number of rotatable bonds is 3. The van der Waals surface area contributed by atoms with Crippen molar-refractivity contribution in [2.45, 2.75) is 0 Å². The van der Waals surface area contributed by atoms with Gasteiger partial charge in [-0.1, -0.05) is 29.8 Å². The molecule has 0 aliphatic carbocycles. The van der Waals surface area contributed by atoms with Crippen LogP contribution in [-0.4, -0.2) is 24.2 Å². The maximum atomic E-state index is 11.7. The lowest BCUT2D eigenvalue weighted by Gasteiger charge is -2.02. The van der Waals surface area contributed by atoms with Crippen LogP contribution in [0.4, 0.5) is 0 Å². The summed E-state index contributed by atoms with van der Waals surface area (Å²) in [7, 11) is 1.45. The third-order valence-electron chi connectivity index (χ3n) is 2.67. The van der Waals surface area contributed by atoms with Crippen LogP contribution in [0.25, 0.3) is 11.1 Å². The first-order chi connectivity index (χ1) is 9.17. The van der Waals surface area contributed by atoms with E-state index in [2.05, 4.69) is 6.07 Å². The molecule has 0 spiro atoms. The molecule has 2 rings (SSSR count). The molecule has 0 aliphatic rings. The zero-order valence-electron chi connectivity index (χ0n) is 10.3. The minimum Gasteiger partial charge on any atom is -0.375 e. The number of hydrogen-bond donors (Lipinski definition) is 0. The Hall–Kier alpha value is -2.09. The normalized spacial score (nSPS) is 10.2. The van der Waals surface area contributed by atoms with Gasteiger partial charge in [-0.25, -0.2) is 0 Å². The molecule has 5 heteroatoms. The molecule has 0 amide bonds. The molecule has 1 heterocycles. The first kappa shape index (κ1) is 13.3. The van der Waals surface area contributed by atoms with Gasteiger partial charge in [-0.05, 0) is 6.07 Å². The van der Waals surface area contributed by atoms with E-state index >= 15 is 0 Å². The third-order valence-corrected chi connectivity index (χ3v) is 3.00. The lowest BCUT2D eigenvalue weighted by Crippen LogP contribution is -2.14. The molecule has 0 radical (unpaired) electrons. The fourth-order valence-electron chi connectivity index (χ4n) is 1.78. The van der Waals surface area contributed by atoms with Crippen LogP contribution in [0.15, 0.2) is 36.7 Å². The van der Waals surface area contributed by atoms with Crippen molar-refractivity contribution < 1.29 is 9.53 Å². The summed E-state index contributed by atoms with van der Waals surface area (Å²) < 4.78 is 6.14. The highest BCUT2D eigenvalue weighted by Gasteiger charge is 2.14. The molecule has 1 aromatic carbocycles. The molecule has 0 N–H and O–H groups in total. The van der Waals surface area contributed by atoms with Crippen LogP contribution in [0.1, 0.15) is 10.4 Å². The molecule has 0 unspecified atom stereocenters. The van der Waals surface area contributed by atoms with E-state index in [9.17, 15) is 4.79 Å². The van der Waals surface area contributed by atoms with Gasteiger partial charge >= 0.3 is 0 Å². The van der Waals surface area contributed by atoms with Crippen LogP contribution in [-0.2, 0) is 4.74 Å². The monoisotopic (exact) mass is 274 g/mol. The Morgan fingerprint density at radius 2 is 2.11 bits per heavy atom. The Morgan fingerprint density at radius 3 is 2.74 bits per heavy atom. The summed E-state index contributed by atoms with van der Waals surface area (Å²) >= 11 is 6.11. The van der Waals surface area contributed by atoms with Crippen molar-refractivity contribution in [3.63, 3.8) is 0 Å². The van der Waals surface area contributed by atoms with Crippen molar-refractivity contribution in [1.82, 2.24) is 4.57 Å². The smallest absolute Gasteiger partial charge is 0.256 e. The van der Waals surface area contributed by atoms with E-state index in [1.165, 1.54) is 17.9 Å². The first-order valence-electron chi connectivity index (χ1n) is 5.56. The van der Waals surface area contributed by atoms with Gasteiger partial charge in [0, 0.05) is 35.7 Å². The van der Waals surface area contributed by atoms with E-state index in [4.69, 9.17) is 21.6 Å². The molecule has 0 saturated heterocycles. The lowest BCUT2D eigenvalue weighted by atomic mass is 10.1. The van der Waals surface area contributed by atoms with Gasteiger partial charge in [0.15, 0.2) is 0 Å². The van der Waals surface area contributed by atoms with E-state index in [0.29, 0.717) is 16.1 Å². The van der Waals surface area contributed by atoms with Crippen molar-refractivity contribution >= 4 is 17.5 Å². The summed E-state index contributed by atoms with van der Waals surface area (Å²) in [4.78, 5) is 11.7. The predicted octanol–water partition coefficient (Wildman–Crippen LogP) is 2.97. The van der Waals surface area contributed by atoms with Gasteiger partial charge in [-0.2, -0.15) is 5.26 Å². The minimum atomic E-state index is -0.239. The van der Waals surface area contributed by atoms with E-state index in [0.717, 1.165) is 5.56 Å². The lowest BCUT2D eigenvalue weighted by molar-refractivity contribution is 0.0762. The number of methoxy groups -OCH3 is 1. The number of carbonyl (C=O) groups excluding carboxylic acids is 1. The van der Waals surface area contributed by atoms with E-state index in [1.807, 2.05) is 18.2 Å². The molecule has 4 nitrogen and oxygen atoms in total. The summed E-state index contributed by atoms with van der Waals surface area (Å²) in [6, 6.07) is 9.26. The topological polar surface area (TPSA) is 55.0 Å². The highest BCUT2D eigenvalue weighted by molar-refractivity contribution is 6.33. The predicted molar refractivity (Wildman–Crippen MR) is 72.1 cm³/mol. The van der Waals surface area contributed by atoms with Crippen molar-refractivity contribution in [3.8, 4) is 17.2 Å². The van der Waals surface area contributed by atoms with E-state index < -0.39 is 0 Å². The molecular formula is C14H11ClN2O2. The Bertz CT molecular complexity index is 656. The molecule has 0 fully saturated rings. The van der Waals surface area contributed by atoms with Crippen molar-refractivity contribution in [1.29, 1.82) is 5.26 Å². The summed E-state index contributed by atoms with van der Waals surface area (Å²) in [5.74, 6) is -0.239. The van der Waals surface area contributed by atoms with E-state index in [1.54, 1.807) is 12.3 Å². The average molecular weight is 275 g/mol. The maximum Gasteiger partial charge on any atom is 0.256 e. The Balaban J connectivity index is 2.50. The molecule has 0 atom stereocenters. The molecule has 2 aromatic rings. The Morgan fingerprint density at radius 1 is 1.37 bits per heavy atom. The number of halogens is 1. The van der Waals surface area contributed by atoms with Crippen LogP contribution in [0.2, 0.25) is 5.02 Å². The highest BCUT2D eigenvalue weighted by atomic mass is 35.5. The molecule has 0 saturated carbocycles. The number of benzene rings is 1. The second-order valence-electron chi connectivity index (χ2n) is 3.91. The summed E-state index contributed by atoms with van der Waals surface area (Å²) in [5.41, 5.74) is 1.76. The van der Waals surface area contributed by atoms with Gasteiger partial charge in [-0.15, -0.1) is 0 Å². The van der Waals surface area contributed by atoms with Crippen LogP contribution in [0.5, 0.6) is 0 Å². The zero-order valence-corrected chi connectivity index (χ0v) is 11.0. The number of nitrogens with zero attached hydrogens (tertiary/aromatic N) is 2. The van der Waals surface area contributed by atoms with Gasteiger partial charge in [0.05, 0.1) is 5.56 Å². The Labute approximate surface area is 115 Å². The molecule has 0 bridgehead atoms. The third kappa shape index (κ3) is 2.68. The summed E-state index contributed by atoms with van der Waals surface area (Å²) in [5, 5.41) is 9.68. The number of aromatic nitrogens is 1. The van der Waals surface area contributed by atoms with Crippen LogP contribution < -0.4 is 0 Å². The van der Waals surface area contributed by atoms with Crippen molar-refractivity contribution in [2.75, 3.05) is 13.7 Å². The maximum absolute atomic E-state index is 11.7. The number of carbonyl (C=O) groups is 1. The largest absolute Gasteiger partial charge is 0.375 e. The summed E-state index contributed by atoms with van der Waals surface area (Å²) in [6.45, 7) is -0.0402. The molecule has 0 aliphatic heterocycles. The first-order valence-corrected chi connectivity index (χ1v) is 5.94. The fraction of sp³-hybridized carbons (Fsp3) is 0.143. The van der Waals surface area contributed by atoms with Gasteiger partial charge in [0.1, 0.15) is 12.7 Å². The van der Waals surface area contributed by atoms with Gasteiger partial charge < -0.3 is 4.74 Å². The Kier molecular flexibility index (Phi) is 4.00. The number of hydrogen-bond acceptors (Lipinski definition) is 3. The zero-order chi connectivity index (χ0) is 13.8. The SMILES string of the molecule is COCC(=O)n1cc(C#N)c(-c2ccccc2Cl)c1. The minimum absolute atomic E-state index is 0.0402. The standard InChI is InChI=1S/C14H11ClN2O2/c1-19-9-14(18)17-7-10(6-16)12(8-17)11-4-2-3-5-13(11)15/h2-5,7-8H,9H2,1H3. The quantitative estimate of drug-likeness (QED) is 0.865. The number of nitriles is 1. The number of ether oxygens (including phenoxy) is 1. The summed E-state index contributed by atoms with van der Waals surface area (Å²) in [6.07, 6.45) is 3.08. The van der Waals surface area contributed by atoms with Crippen LogP contribution in [0.3, 0.4) is 0 Å².